The number of rotatable bonds is 7. The minimum atomic E-state index is -0.173. The lowest BCUT2D eigenvalue weighted by molar-refractivity contribution is 0.0962. The van der Waals surface area contributed by atoms with Gasteiger partial charge >= 0.3 is 0 Å². The fraction of sp³-hybridized carbons (Fsp3) is 0.400. The maximum absolute atomic E-state index is 13.3. The van der Waals surface area contributed by atoms with E-state index in [1.165, 1.54) is 16.9 Å². The van der Waals surface area contributed by atoms with Gasteiger partial charge in [0, 0.05) is 23.5 Å². The molecule has 3 heterocycles. The third-order valence-electron chi connectivity index (χ3n) is 6.23. The Kier molecular flexibility index (Phi) is 6.37. The topological polar surface area (TPSA) is 64.0 Å². The third-order valence-corrected chi connectivity index (χ3v) is 7.22. The summed E-state index contributed by atoms with van der Waals surface area (Å²) in [5, 5.41) is 3.55. The molecule has 0 bridgehead atoms. The molecule has 5 nitrogen and oxygen atoms in total. The quantitative estimate of drug-likeness (QED) is 0.469. The number of aromatic nitrogens is 2. The summed E-state index contributed by atoms with van der Waals surface area (Å²) in [5.74, 6) is 0.120. The van der Waals surface area contributed by atoms with Crippen molar-refractivity contribution >= 4 is 28.2 Å². The lowest BCUT2D eigenvalue weighted by Gasteiger charge is -2.20. The van der Waals surface area contributed by atoms with Gasteiger partial charge in [-0.15, -0.1) is 11.3 Å². The van der Waals surface area contributed by atoms with Gasteiger partial charge in [0.15, 0.2) is 10.9 Å². The summed E-state index contributed by atoms with van der Waals surface area (Å²) in [6, 6.07) is 12.0. The zero-order valence-electron chi connectivity index (χ0n) is 18.4. The van der Waals surface area contributed by atoms with E-state index in [9.17, 15) is 9.59 Å². The zero-order valence-corrected chi connectivity index (χ0v) is 19.2. The number of amides is 1. The van der Waals surface area contributed by atoms with Crippen LogP contribution in [-0.4, -0.2) is 21.2 Å². The van der Waals surface area contributed by atoms with Crippen molar-refractivity contribution in [2.24, 2.45) is 0 Å². The van der Waals surface area contributed by atoms with Gasteiger partial charge in [0.2, 0.25) is 0 Å². The van der Waals surface area contributed by atoms with Crippen LogP contribution in [0.25, 0.3) is 0 Å². The fourth-order valence-corrected chi connectivity index (χ4v) is 5.16. The number of benzene rings is 1. The Morgan fingerprint density at radius 2 is 1.97 bits per heavy atom. The predicted molar refractivity (Wildman–Crippen MR) is 125 cm³/mol. The number of hydrogen-bond donors (Lipinski definition) is 1. The number of fused-ring (bicyclic) bond motifs is 1. The lowest BCUT2D eigenvalue weighted by atomic mass is 9.90. The SMILES string of the molecule is CC[C@@H](CC(=O)c1cc(C(=O)Nc2nc(C)c(C)s2)c2n1CCCC2)c1ccccc1. The molecular formula is C25H29N3O2S. The van der Waals surface area contributed by atoms with Crippen LogP contribution in [0.4, 0.5) is 5.13 Å². The van der Waals surface area contributed by atoms with E-state index < -0.39 is 0 Å². The molecule has 1 atom stereocenters. The molecule has 0 saturated carbocycles. The minimum Gasteiger partial charge on any atom is -0.341 e. The second-order valence-corrected chi connectivity index (χ2v) is 9.46. The van der Waals surface area contributed by atoms with Crippen molar-refractivity contribution in [1.29, 1.82) is 0 Å². The number of hydrogen-bond acceptors (Lipinski definition) is 4. The monoisotopic (exact) mass is 435 g/mol. The number of carbonyl (C=O) groups excluding carboxylic acids is 2. The summed E-state index contributed by atoms with van der Waals surface area (Å²) in [7, 11) is 0. The molecule has 3 aromatic rings. The average Bonchev–Trinajstić information content (AvgIpc) is 3.32. The van der Waals surface area contributed by atoms with E-state index in [0.29, 0.717) is 22.8 Å². The van der Waals surface area contributed by atoms with Crippen LogP contribution in [0.2, 0.25) is 0 Å². The highest BCUT2D eigenvalue weighted by molar-refractivity contribution is 7.15. The van der Waals surface area contributed by atoms with Gasteiger partial charge in [-0.2, -0.15) is 0 Å². The molecule has 0 saturated heterocycles. The molecule has 0 unspecified atom stereocenters. The van der Waals surface area contributed by atoms with Crippen LogP contribution in [-0.2, 0) is 13.0 Å². The van der Waals surface area contributed by atoms with Crippen molar-refractivity contribution in [3.63, 3.8) is 0 Å². The van der Waals surface area contributed by atoms with E-state index in [1.54, 1.807) is 0 Å². The molecule has 0 spiro atoms. The van der Waals surface area contributed by atoms with Crippen LogP contribution in [0.15, 0.2) is 36.4 Å². The second kappa shape index (κ2) is 9.18. The van der Waals surface area contributed by atoms with Gasteiger partial charge in [-0.25, -0.2) is 4.98 Å². The number of anilines is 1. The van der Waals surface area contributed by atoms with Gasteiger partial charge in [0.05, 0.1) is 17.0 Å². The number of ketones is 1. The molecule has 2 aromatic heterocycles. The minimum absolute atomic E-state index is 0.110. The van der Waals surface area contributed by atoms with E-state index in [-0.39, 0.29) is 17.6 Å². The van der Waals surface area contributed by atoms with E-state index in [0.717, 1.165) is 48.5 Å². The number of nitrogens with zero attached hydrogens (tertiary/aromatic N) is 2. The smallest absolute Gasteiger partial charge is 0.259 e. The standard InChI is InChI=1S/C25H29N3O2S/c1-4-18(19-10-6-5-7-11-19)14-23(29)22-15-20(21-12-8-9-13-28(21)22)24(30)27-25-26-16(2)17(3)31-25/h5-7,10-11,15,18H,4,8-9,12-14H2,1-3H3,(H,26,27,30)/t18-/m0/s1. The Balaban J connectivity index is 1.60. The molecule has 6 heteroatoms. The molecular weight excluding hydrogens is 406 g/mol. The normalized spacial score (nSPS) is 14.2. The molecule has 1 amide bonds. The van der Waals surface area contributed by atoms with Crippen molar-refractivity contribution in [1.82, 2.24) is 9.55 Å². The highest BCUT2D eigenvalue weighted by Crippen LogP contribution is 2.30. The van der Waals surface area contributed by atoms with Crippen LogP contribution >= 0.6 is 11.3 Å². The summed E-state index contributed by atoms with van der Waals surface area (Å²) < 4.78 is 2.08. The van der Waals surface area contributed by atoms with Crippen molar-refractivity contribution in [3.05, 3.63) is 69.5 Å². The Morgan fingerprint density at radius 1 is 1.19 bits per heavy atom. The summed E-state index contributed by atoms with van der Waals surface area (Å²) in [4.78, 5) is 31.9. The van der Waals surface area contributed by atoms with Gasteiger partial charge in [-0.1, -0.05) is 37.3 Å². The molecule has 0 radical (unpaired) electrons. The Labute approximate surface area is 187 Å². The molecule has 31 heavy (non-hydrogen) atoms. The Bertz CT molecular complexity index is 1080. The van der Waals surface area contributed by atoms with Crippen LogP contribution in [0.1, 0.15) is 81.2 Å². The number of aryl methyl sites for hydroxylation is 2. The second-order valence-electron chi connectivity index (χ2n) is 8.26. The molecule has 1 aromatic carbocycles. The summed E-state index contributed by atoms with van der Waals surface area (Å²) in [6.07, 6.45) is 4.25. The van der Waals surface area contributed by atoms with Crippen LogP contribution in [0.5, 0.6) is 0 Å². The first-order chi connectivity index (χ1) is 15.0. The van der Waals surface area contributed by atoms with E-state index in [2.05, 4.69) is 33.9 Å². The summed E-state index contributed by atoms with van der Waals surface area (Å²) in [5.41, 5.74) is 4.38. The molecule has 162 valence electrons. The van der Waals surface area contributed by atoms with Gasteiger partial charge in [-0.05, 0) is 57.1 Å². The average molecular weight is 436 g/mol. The first-order valence-electron chi connectivity index (χ1n) is 11.0. The van der Waals surface area contributed by atoms with Gasteiger partial charge in [0.1, 0.15) is 0 Å². The number of thiazole rings is 1. The molecule has 1 aliphatic rings. The highest BCUT2D eigenvalue weighted by Gasteiger charge is 2.27. The molecule has 1 N–H and O–H groups in total. The summed E-state index contributed by atoms with van der Waals surface area (Å²) in [6.45, 7) is 6.85. The van der Waals surface area contributed by atoms with Crippen molar-refractivity contribution < 1.29 is 9.59 Å². The first-order valence-corrected chi connectivity index (χ1v) is 11.9. The number of Topliss-reactive ketones (excluding diaryl/α,β-unsaturated/α-hetero) is 1. The van der Waals surface area contributed by atoms with E-state index in [4.69, 9.17) is 0 Å². The molecule has 0 fully saturated rings. The Hall–Kier alpha value is -2.73. The molecule has 4 rings (SSSR count). The van der Waals surface area contributed by atoms with Crippen LogP contribution in [0, 0.1) is 13.8 Å². The Morgan fingerprint density at radius 3 is 2.65 bits per heavy atom. The maximum atomic E-state index is 13.3. The zero-order chi connectivity index (χ0) is 22.0. The first kappa shape index (κ1) is 21.5. The summed E-state index contributed by atoms with van der Waals surface area (Å²) >= 11 is 1.48. The van der Waals surface area contributed by atoms with Gasteiger partial charge in [0.25, 0.3) is 5.91 Å². The van der Waals surface area contributed by atoms with Crippen molar-refractivity contribution in [3.8, 4) is 0 Å². The van der Waals surface area contributed by atoms with E-state index >= 15 is 0 Å². The predicted octanol–water partition coefficient (Wildman–Crippen LogP) is 5.92. The number of nitrogens with one attached hydrogen (secondary N) is 1. The lowest BCUT2D eigenvalue weighted by Crippen LogP contribution is -2.19. The number of carbonyl (C=O) groups is 2. The van der Waals surface area contributed by atoms with Crippen molar-refractivity contribution in [2.75, 3.05) is 5.32 Å². The van der Waals surface area contributed by atoms with E-state index in [1.807, 2.05) is 38.1 Å². The third kappa shape index (κ3) is 4.49. The van der Waals surface area contributed by atoms with Gasteiger partial charge < -0.3 is 4.57 Å². The van der Waals surface area contributed by atoms with Crippen LogP contribution < -0.4 is 5.32 Å². The highest BCUT2D eigenvalue weighted by atomic mass is 32.1. The molecule has 0 aliphatic carbocycles. The van der Waals surface area contributed by atoms with Crippen molar-refractivity contribution in [2.45, 2.75) is 65.3 Å². The molecule has 1 aliphatic heterocycles. The maximum Gasteiger partial charge on any atom is 0.259 e. The largest absolute Gasteiger partial charge is 0.341 e. The fourth-order valence-electron chi connectivity index (χ4n) is 4.35. The van der Waals surface area contributed by atoms with Gasteiger partial charge in [-0.3, -0.25) is 14.9 Å². The van der Waals surface area contributed by atoms with Crippen LogP contribution in [0.3, 0.4) is 0 Å².